The van der Waals surface area contributed by atoms with Crippen LogP contribution in [0.3, 0.4) is 0 Å². The summed E-state index contributed by atoms with van der Waals surface area (Å²) in [5.41, 5.74) is 2.64. The number of carbonyl (C=O) groups is 1. The molecule has 0 unspecified atom stereocenters. The molecule has 0 atom stereocenters. The van der Waals surface area contributed by atoms with Crippen LogP contribution in [0.5, 0.6) is 0 Å². The normalized spacial score (nSPS) is 18.0. The van der Waals surface area contributed by atoms with E-state index >= 15 is 0 Å². The second kappa shape index (κ2) is 4.94. The summed E-state index contributed by atoms with van der Waals surface area (Å²) in [5, 5.41) is 10.6. The Bertz CT molecular complexity index is 682. The molecule has 21 heavy (non-hydrogen) atoms. The van der Waals surface area contributed by atoms with E-state index in [1.807, 2.05) is 18.5 Å². The Kier molecular flexibility index (Phi) is 3.06. The number of hydrogen-bond donors (Lipinski definition) is 1. The van der Waals surface area contributed by atoms with E-state index in [0.717, 1.165) is 11.4 Å². The van der Waals surface area contributed by atoms with E-state index in [4.69, 9.17) is 0 Å². The van der Waals surface area contributed by atoms with Gasteiger partial charge in [-0.25, -0.2) is 4.98 Å². The van der Waals surface area contributed by atoms with Gasteiger partial charge in [0.05, 0.1) is 22.9 Å². The van der Waals surface area contributed by atoms with Gasteiger partial charge in [-0.15, -0.1) is 11.3 Å². The number of carbonyl (C=O) groups excluding carboxylic acids is 1. The maximum atomic E-state index is 12.3. The van der Waals surface area contributed by atoms with Crippen LogP contribution in [-0.4, -0.2) is 20.7 Å². The third kappa shape index (κ3) is 2.72. The molecule has 0 aliphatic heterocycles. The SMILES string of the molecule is Cn1nc(C2CC2)cc1C(=O)NCc1csc(C2CC2)n1. The maximum absolute atomic E-state index is 12.3. The summed E-state index contributed by atoms with van der Waals surface area (Å²) in [6, 6.07) is 1.92. The van der Waals surface area contributed by atoms with Crippen molar-refractivity contribution >= 4 is 17.2 Å². The summed E-state index contributed by atoms with van der Waals surface area (Å²) in [4.78, 5) is 16.8. The van der Waals surface area contributed by atoms with Gasteiger partial charge in [-0.1, -0.05) is 0 Å². The minimum Gasteiger partial charge on any atom is -0.345 e. The number of nitrogens with one attached hydrogen (secondary N) is 1. The Hall–Kier alpha value is -1.69. The third-order valence-corrected chi connectivity index (χ3v) is 5.11. The van der Waals surface area contributed by atoms with Crippen LogP contribution in [0.1, 0.15) is 64.4 Å². The number of amides is 1. The Morgan fingerprint density at radius 3 is 2.86 bits per heavy atom. The molecule has 1 amide bonds. The van der Waals surface area contributed by atoms with Gasteiger partial charge in [-0.3, -0.25) is 9.48 Å². The van der Waals surface area contributed by atoms with E-state index in [9.17, 15) is 4.79 Å². The van der Waals surface area contributed by atoms with Crippen LogP contribution < -0.4 is 5.32 Å². The summed E-state index contributed by atoms with van der Waals surface area (Å²) >= 11 is 1.71. The highest BCUT2D eigenvalue weighted by Gasteiger charge is 2.28. The van der Waals surface area contributed by atoms with Crippen molar-refractivity contribution in [1.29, 1.82) is 0 Å². The molecule has 0 spiro atoms. The summed E-state index contributed by atoms with van der Waals surface area (Å²) in [5.74, 6) is 1.17. The predicted octanol–water partition coefficient (Wildman–Crippen LogP) is 2.56. The van der Waals surface area contributed by atoms with Crippen molar-refractivity contribution in [1.82, 2.24) is 20.1 Å². The average molecular weight is 302 g/mol. The molecule has 0 aromatic carbocycles. The van der Waals surface area contributed by atoms with Crippen molar-refractivity contribution in [3.8, 4) is 0 Å². The monoisotopic (exact) mass is 302 g/mol. The molecule has 2 aromatic rings. The second-order valence-electron chi connectivity index (χ2n) is 5.99. The fourth-order valence-electron chi connectivity index (χ4n) is 2.46. The van der Waals surface area contributed by atoms with Crippen molar-refractivity contribution in [2.24, 2.45) is 7.05 Å². The van der Waals surface area contributed by atoms with E-state index in [0.29, 0.717) is 24.1 Å². The molecule has 4 rings (SSSR count). The predicted molar refractivity (Wildman–Crippen MR) is 80.4 cm³/mol. The average Bonchev–Trinajstić information content (AvgIpc) is 3.40. The van der Waals surface area contributed by atoms with E-state index in [1.165, 1.54) is 30.7 Å². The lowest BCUT2D eigenvalue weighted by Gasteiger charge is -2.03. The van der Waals surface area contributed by atoms with Gasteiger partial charge in [-0.2, -0.15) is 5.10 Å². The van der Waals surface area contributed by atoms with Gasteiger partial charge in [0.25, 0.3) is 5.91 Å². The molecule has 0 bridgehead atoms. The van der Waals surface area contributed by atoms with Crippen molar-refractivity contribution in [3.05, 3.63) is 33.5 Å². The van der Waals surface area contributed by atoms with Crippen LogP contribution in [0.25, 0.3) is 0 Å². The highest BCUT2D eigenvalue weighted by atomic mass is 32.1. The van der Waals surface area contributed by atoms with Crippen molar-refractivity contribution in [2.45, 2.75) is 44.1 Å². The zero-order chi connectivity index (χ0) is 14.4. The topological polar surface area (TPSA) is 59.8 Å². The molecule has 1 N–H and O–H groups in total. The zero-order valence-corrected chi connectivity index (χ0v) is 12.8. The fourth-order valence-corrected chi connectivity index (χ4v) is 3.45. The van der Waals surface area contributed by atoms with Gasteiger partial charge in [0.1, 0.15) is 5.69 Å². The molecule has 0 saturated heterocycles. The van der Waals surface area contributed by atoms with E-state index in [-0.39, 0.29) is 5.91 Å². The molecule has 6 heteroatoms. The number of nitrogens with zero attached hydrogens (tertiary/aromatic N) is 3. The van der Waals surface area contributed by atoms with Crippen LogP contribution in [0.15, 0.2) is 11.4 Å². The fraction of sp³-hybridized carbons (Fsp3) is 0.533. The van der Waals surface area contributed by atoms with Gasteiger partial charge >= 0.3 is 0 Å². The van der Waals surface area contributed by atoms with Gasteiger partial charge in [0.15, 0.2) is 0 Å². The Morgan fingerprint density at radius 2 is 2.14 bits per heavy atom. The molecule has 2 fully saturated rings. The molecular weight excluding hydrogens is 284 g/mol. The largest absolute Gasteiger partial charge is 0.345 e. The molecule has 2 heterocycles. The van der Waals surface area contributed by atoms with Gasteiger partial charge < -0.3 is 5.32 Å². The summed E-state index contributed by atoms with van der Waals surface area (Å²) in [7, 11) is 1.83. The number of thiazole rings is 1. The number of hydrogen-bond acceptors (Lipinski definition) is 4. The van der Waals surface area contributed by atoms with Gasteiger partial charge in [0, 0.05) is 24.3 Å². The van der Waals surface area contributed by atoms with Crippen molar-refractivity contribution in [2.75, 3.05) is 0 Å². The molecule has 110 valence electrons. The molecule has 2 aliphatic carbocycles. The molecular formula is C15H18N4OS. The van der Waals surface area contributed by atoms with E-state index < -0.39 is 0 Å². The Morgan fingerprint density at radius 1 is 1.38 bits per heavy atom. The lowest BCUT2D eigenvalue weighted by molar-refractivity contribution is 0.0941. The van der Waals surface area contributed by atoms with Crippen LogP contribution in [0.2, 0.25) is 0 Å². The second-order valence-corrected chi connectivity index (χ2v) is 6.88. The van der Waals surface area contributed by atoms with Gasteiger partial charge in [-0.05, 0) is 31.7 Å². The quantitative estimate of drug-likeness (QED) is 0.923. The van der Waals surface area contributed by atoms with Crippen molar-refractivity contribution in [3.63, 3.8) is 0 Å². The smallest absolute Gasteiger partial charge is 0.269 e. The number of rotatable bonds is 5. The summed E-state index contributed by atoms with van der Waals surface area (Å²) in [6.45, 7) is 0.492. The highest BCUT2D eigenvalue weighted by Crippen LogP contribution is 2.41. The van der Waals surface area contributed by atoms with Crippen LogP contribution in [0.4, 0.5) is 0 Å². The molecule has 2 aromatic heterocycles. The summed E-state index contributed by atoms with van der Waals surface area (Å²) < 4.78 is 1.68. The Labute approximate surface area is 127 Å². The minimum absolute atomic E-state index is 0.0714. The first kappa shape index (κ1) is 13.0. The lowest BCUT2D eigenvalue weighted by Crippen LogP contribution is -2.25. The summed E-state index contributed by atoms with van der Waals surface area (Å²) in [6.07, 6.45) is 4.91. The van der Waals surface area contributed by atoms with Crippen molar-refractivity contribution < 1.29 is 4.79 Å². The highest BCUT2D eigenvalue weighted by molar-refractivity contribution is 7.09. The lowest BCUT2D eigenvalue weighted by atomic mass is 10.2. The third-order valence-electron chi connectivity index (χ3n) is 4.05. The minimum atomic E-state index is -0.0714. The first-order valence-electron chi connectivity index (χ1n) is 7.47. The maximum Gasteiger partial charge on any atom is 0.269 e. The zero-order valence-electron chi connectivity index (χ0n) is 12.0. The number of aromatic nitrogens is 3. The Balaban J connectivity index is 1.40. The molecule has 5 nitrogen and oxygen atoms in total. The number of aryl methyl sites for hydroxylation is 1. The first-order valence-corrected chi connectivity index (χ1v) is 8.35. The van der Waals surface area contributed by atoms with E-state index in [2.05, 4.69) is 15.4 Å². The van der Waals surface area contributed by atoms with Crippen LogP contribution in [0, 0.1) is 0 Å². The van der Waals surface area contributed by atoms with E-state index in [1.54, 1.807) is 16.0 Å². The molecule has 2 saturated carbocycles. The van der Waals surface area contributed by atoms with Crippen LogP contribution >= 0.6 is 11.3 Å². The molecule has 0 radical (unpaired) electrons. The van der Waals surface area contributed by atoms with Crippen LogP contribution in [-0.2, 0) is 13.6 Å². The molecule has 2 aliphatic rings. The first-order chi connectivity index (χ1) is 10.2. The standard InChI is InChI=1S/C15H18N4OS/c1-19-13(6-12(18-19)9-2-3-9)14(20)16-7-11-8-21-15(17-11)10-4-5-10/h6,8-10H,2-5,7H2,1H3,(H,16,20). The van der Waals surface area contributed by atoms with Gasteiger partial charge in [0.2, 0.25) is 0 Å².